The molecule has 19 heavy (non-hydrogen) atoms. The van der Waals surface area contributed by atoms with E-state index < -0.39 is 0 Å². The van der Waals surface area contributed by atoms with Gasteiger partial charge in [-0.05, 0) is 37.1 Å². The molecule has 2 N–H and O–H groups in total. The summed E-state index contributed by atoms with van der Waals surface area (Å²) in [7, 11) is 1.70. The van der Waals surface area contributed by atoms with Crippen molar-refractivity contribution < 1.29 is 14.3 Å². The molecule has 5 heteroatoms. The first-order chi connectivity index (χ1) is 9.02. The zero-order chi connectivity index (χ0) is 14.0. The van der Waals surface area contributed by atoms with E-state index in [2.05, 4.69) is 0 Å². The number of carbonyl (C=O) groups excluding carboxylic acids is 1. The molecule has 0 fully saturated rings. The quantitative estimate of drug-likeness (QED) is 0.888. The number of rotatable bonds is 2. The van der Waals surface area contributed by atoms with Crippen LogP contribution in [0.2, 0.25) is 0 Å². The first-order valence-corrected chi connectivity index (χ1v) is 6.46. The van der Waals surface area contributed by atoms with Crippen molar-refractivity contribution in [3.05, 3.63) is 29.3 Å². The average molecular weight is 264 g/mol. The minimum Gasteiger partial charge on any atom is -0.410 e. The predicted octanol–water partition coefficient (Wildman–Crippen LogP) is 2.06. The molecule has 0 saturated heterocycles. The van der Waals surface area contributed by atoms with E-state index in [4.69, 9.17) is 15.2 Å². The van der Waals surface area contributed by atoms with Gasteiger partial charge in [-0.15, -0.1) is 0 Å². The Morgan fingerprint density at radius 3 is 3.00 bits per heavy atom. The summed E-state index contributed by atoms with van der Waals surface area (Å²) in [6.07, 6.45) is -0.357. The fourth-order valence-electron chi connectivity index (χ4n) is 1.98. The van der Waals surface area contributed by atoms with E-state index in [1.165, 1.54) is 4.90 Å². The van der Waals surface area contributed by atoms with Gasteiger partial charge in [0.05, 0.1) is 18.8 Å². The fourth-order valence-corrected chi connectivity index (χ4v) is 1.98. The van der Waals surface area contributed by atoms with Crippen molar-refractivity contribution in [2.45, 2.75) is 32.6 Å². The summed E-state index contributed by atoms with van der Waals surface area (Å²) in [6, 6.07) is 5.38. The van der Waals surface area contributed by atoms with Crippen LogP contribution in [0.1, 0.15) is 31.0 Å². The van der Waals surface area contributed by atoms with Crippen LogP contribution < -0.4 is 10.5 Å². The number of hydrogen-bond donors (Lipinski definition) is 1. The van der Waals surface area contributed by atoms with Crippen molar-refractivity contribution in [3.63, 3.8) is 0 Å². The molecule has 1 heterocycles. The van der Waals surface area contributed by atoms with Gasteiger partial charge in [0.25, 0.3) is 0 Å². The van der Waals surface area contributed by atoms with Crippen molar-refractivity contribution in [3.8, 4) is 5.75 Å². The number of amides is 1. The Kier molecular flexibility index (Phi) is 4.07. The maximum Gasteiger partial charge on any atom is 0.414 e. The lowest BCUT2D eigenvalue weighted by molar-refractivity contribution is 0.0212. The van der Waals surface area contributed by atoms with E-state index in [0.717, 1.165) is 11.1 Å². The smallest absolute Gasteiger partial charge is 0.410 e. The van der Waals surface area contributed by atoms with Gasteiger partial charge in [0, 0.05) is 13.6 Å². The summed E-state index contributed by atoms with van der Waals surface area (Å²) in [5.41, 5.74) is 8.11. The summed E-state index contributed by atoms with van der Waals surface area (Å²) in [5, 5.41) is 0. The molecule has 2 rings (SSSR count). The summed E-state index contributed by atoms with van der Waals surface area (Å²) < 4.78 is 10.9. The van der Waals surface area contributed by atoms with Crippen molar-refractivity contribution in [2.24, 2.45) is 5.73 Å². The lowest BCUT2D eigenvalue weighted by Crippen LogP contribution is -2.32. The summed E-state index contributed by atoms with van der Waals surface area (Å²) in [6.45, 7) is 4.95. The molecule has 5 nitrogen and oxygen atoms in total. The molecule has 0 aromatic heterocycles. The molecule has 1 amide bonds. The minimum absolute atomic E-state index is 0.00660. The number of ether oxygens (including phenoxy) is 2. The fraction of sp³-hybridized carbons (Fsp3) is 0.500. The van der Waals surface area contributed by atoms with Crippen molar-refractivity contribution in [1.29, 1.82) is 0 Å². The lowest BCUT2D eigenvalue weighted by Gasteiger charge is -2.29. The van der Waals surface area contributed by atoms with Gasteiger partial charge >= 0.3 is 6.09 Å². The van der Waals surface area contributed by atoms with Crippen LogP contribution >= 0.6 is 0 Å². The molecule has 1 aromatic rings. The maximum atomic E-state index is 11.7. The average Bonchev–Trinajstić information content (AvgIpc) is 2.42. The summed E-state index contributed by atoms with van der Waals surface area (Å²) >= 11 is 0. The number of benzene rings is 1. The monoisotopic (exact) mass is 264 g/mol. The second-order valence-corrected chi connectivity index (χ2v) is 4.78. The van der Waals surface area contributed by atoms with Crippen LogP contribution in [0.4, 0.5) is 4.79 Å². The molecule has 1 unspecified atom stereocenters. The third kappa shape index (κ3) is 2.88. The molecule has 0 spiro atoms. The molecular weight excluding hydrogens is 244 g/mol. The molecule has 0 bridgehead atoms. The Morgan fingerprint density at radius 1 is 1.58 bits per heavy atom. The zero-order valence-corrected chi connectivity index (χ0v) is 11.6. The van der Waals surface area contributed by atoms with E-state index in [1.54, 1.807) is 13.1 Å². The minimum atomic E-state index is -0.364. The molecule has 2 atom stereocenters. The number of nitrogens with two attached hydrogens (primary N) is 1. The Labute approximate surface area is 113 Å². The highest BCUT2D eigenvalue weighted by Gasteiger charge is 2.24. The van der Waals surface area contributed by atoms with Crippen LogP contribution in [-0.2, 0) is 11.3 Å². The van der Waals surface area contributed by atoms with Gasteiger partial charge in [0.1, 0.15) is 5.75 Å². The first-order valence-electron chi connectivity index (χ1n) is 6.46. The predicted molar refractivity (Wildman–Crippen MR) is 71.9 cm³/mol. The Morgan fingerprint density at radius 2 is 2.32 bits per heavy atom. The summed E-state index contributed by atoms with van der Waals surface area (Å²) in [5.74, 6) is 0.523. The Hall–Kier alpha value is -1.59. The third-order valence-corrected chi connectivity index (χ3v) is 3.47. The summed E-state index contributed by atoms with van der Waals surface area (Å²) in [4.78, 5) is 13.2. The van der Waals surface area contributed by atoms with Crippen LogP contribution in [0.3, 0.4) is 0 Å². The van der Waals surface area contributed by atoms with E-state index in [-0.39, 0.29) is 18.2 Å². The van der Waals surface area contributed by atoms with Crippen LogP contribution in [0, 0.1) is 0 Å². The third-order valence-electron chi connectivity index (χ3n) is 3.47. The van der Waals surface area contributed by atoms with Crippen molar-refractivity contribution in [1.82, 2.24) is 4.90 Å². The van der Waals surface area contributed by atoms with Gasteiger partial charge in [-0.3, -0.25) is 0 Å². The SMILES string of the molecule is CCN(C)C(=O)Oc1ccc2c(c1)CO[C@@H](C)C2N. The molecule has 0 saturated carbocycles. The van der Waals surface area contributed by atoms with Gasteiger partial charge in [0.15, 0.2) is 0 Å². The van der Waals surface area contributed by atoms with Gasteiger partial charge in [-0.1, -0.05) is 6.07 Å². The van der Waals surface area contributed by atoms with E-state index in [9.17, 15) is 4.79 Å². The van der Waals surface area contributed by atoms with Gasteiger partial charge in [-0.25, -0.2) is 4.79 Å². The van der Waals surface area contributed by atoms with Gasteiger partial charge in [-0.2, -0.15) is 0 Å². The maximum absolute atomic E-state index is 11.7. The van der Waals surface area contributed by atoms with Crippen molar-refractivity contribution in [2.75, 3.05) is 13.6 Å². The highest BCUT2D eigenvalue weighted by molar-refractivity contribution is 5.70. The molecule has 0 aliphatic carbocycles. The molecular formula is C14H20N2O3. The number of nitrogens with zero attached hydrogens (tertiary/aromatic N) is 1. The van der Waals surface area contributed by atoms with Gasteiger partial charge in [0.2, 0.25) is 0 Å². The van der Waals surface area contributed by atoms with Gasteiger partial charge < -0.3 is 20.1 Å². The van der Waals surface area contributed by atoms with Crippen LogP contribution in [0.15, 0.2) is 18.2 Å². The topological polar surface area (TPSA) is 64.8 Å². The highest BCUT2D eigenvalue weighted by Crippen LogP contribution is 2.30. The normalized spacial score (nSPS) is 21.7. The Balaban J connectivity index is 2.16. The van der Waals surface area contributed by atoms with E-state index >= 15 is 0 Å². The molecule has 1 aromatic carbocycles. The van der Waals surface area contributed by atoms with E-state index in [0.29, 0.717) is 18.9 Å². The molecule has 104 valence electrons. The number of carbonyl (C=O) groups is 1. The van der Waals surface area contributed by atoms with Crippen LogP contribution in [0.25, 0.3) is 0 Å². The molecule has 1 aliphatic rings. The molecule has 0 radical (unpaired) electrons. The molecule has 1 aliphatic heterocycles. The van der Waals surface area contributed by atoms with Crippen molar-refractivity contribution >= 4 is 6.09 Å². The number of fused-ring (bicyclic) bond motifs is 1. The Bertz CT molecular complexity index is 476. The zero-order valence-electron chi connectivity index (χ0n) is 11.6. The van der Waals surface area contributed by atoms with Crippen LogP contribution in [0.5, 0.6) is 5.75 Å². The second-order valence-electron chi connectivity index (χ2n) is 4.78. The van der Waals surface area contributed by atoms with E-state index in [1.807, 2.05) is 26.0 Å². The van der Waals surface area contributed by atoms with Crippen LogP contribution in [-0.4, -0.2) is 30.7 Å². The first kappa shape index (κ1) is 13.8. The second kappa shape index (κ2) is 5.59. The highest BCUT2D eigenvalue weighted by atomic mass is 16.6. The standard InChI is InChI=1S/C14H20N2O3/c1-4-16(3)14(17)19-11-5-6-12-10(7-11)8-18-9(2)13(12)15/h5-7,9,13H,4,8,15H2,1-3H3/t9-,13?/m0/s1. The largest absolute Gasteiger partial charge is 0.414 e. The number of hydrogen-bond acceptors (Lipinski definition) is 4. The lowest BCUT2D eigenvalue weighted by atomic mass is 9.95.